The first-order valence-electron chi connectivity index (χ1n) is 7.71. The molecule has 0 fully saturated rings. The largest absolute Gasteiger partial charge is 0.382 e. The average molecular weight is 336 g/mol. The molecule has 1 heterocycles. The number of aromatic nitrogens is 2. The number of nitrogens with one attached hydrogen (secondary N) is 1. The number of hydrogen-bond acceptors (Lipinski definition) is 4. The van der Waals surface area contributed by atoms with Crippen LogP contribution in [-0.2, 0) is 0 Å². The maximum atomic E-state index is 13.6. The molecule has 0 spiro atoms. The molecule has 1 aromatic heterocycles. The van der Waals surface area contributed by atoms with E-state index in [-0.39, 0.29) is 11.5 Å². The van der Waals surface area contributed by atoms with Crippen LogP contribution < -0.4 is 11.1 Å². The summed E-state index contributed by atoms with van der Waals surface area (Å²) in [6, 6.07) is 12.1. The van der Waals surface area contributed by atoms with Crippen molar-refractivity contribution in [3.8, 4) is 11.3 Å². The van der Waals surface area contributed by atoms with E-state index in [1.807, 2.05) is 31.2 Å². The minimum absolute atomic E-state index is 0.000872. The fourth-order valence-corrected chi connectivity index (χ4v) is 2.29. The Morgan fingerprint density at radius 1 is 1.12 bits per heavy atom. The number of carbonyl (C=O) groups excluding carboxylic acids is 1. The van der Waals surface area contributed by atoms with Crippen LogP contribution in [0, 0.1) is 19.7 Å². The summed E-state index contributed by atoms with van der Waals surface area (Å²) in [5, 5.41) is 2.59. The van der Waals surface area contributed by atoms with E-state index >= 15 is 0 Å². The Morgan fingerprint density at radius 2 is 1.84 bits per heavy atom. The number of aryl methyl sites for hydroxylation is 2. The molecule has 0 unspecified atom stereocenters. The van der Waals surface area contributed by atoms with Gasteiger partial charge in [0.2, 0.25) is 0 Å². The van der Waals surface area contributed by atoms with Gasteiger partial charge >= 0.3 is 0 Å². The zero-order valence-electron chi connectivity index (χ0n) is 13.9. The highest BCUT2D eigenvalue weighted by Gasteiger charge is 2.15. The highest BCUT2D eigenvalue weighted by molar-refractivity contribution is 6.06. The van der Waals surface area contributed by atoms with Crippen molar-refractivity contribution >= 4 is 17.4 Å². The molecule has 0 aliphatic carbocycles. The van der Waals surface area contributed by atoms with Gasteiger partial charge in [-0.05, 0) is 31.5 Å². The van der Waals surface area contributed by atoms with Gasteiger partial charge in [-0.3, -0.25) is 4.79 Å². The Bertz CT molecular complexity index is 939. The third-order valence-electron chi connectivity index (χ3n) is 3.79. The summed E-state index contributed by atoms with van der Waals surface area (Å²) in [5.41, 5.74) is 9.10. The van der Waals surface area contributed by atoms with Crippen molar-refractivity contribution in [3.05, 3.63) is 71.3 Å². The molecule has 0 aliphatic rings. The summed E-state index contributed by atoms with van der Waals surface area (Å²) in [6.07, 6.45) is 1.52. The number of rotatable bonds is 3. The molecule has 3 aromatic rings. The van der Waals surface area contributed by atoms with Gasteiger partial charge in [0.15, 0.2) is 11.5 Å². The van der Waals surface area contributed by atoms with E-state index < -0.39 is 11.7 Å². The predicted molar refractivity (Wildman–Crippen MR) is 95.7 cm³/mol. The summed E-state index contributed by atoms with van der Waals surface area (Å²) in [7, 11) is 0. The number of anilines is 2. The smallest absolute Gasteiger partial charge is 0.278 e. The van der Waals surface area contributed by atoms with Crippen molar-refractivity contribution < 1.29 is 9.18 Å². The maximum Gasteiger partial charge on any atom is 0.278 e. The molecule has 25 heavy (non-hydrogen) atoms. The fraction of sp³-hybridized carbons (Fsp3) is 0.105. The first kappa shape index (κ1) is 16.6. The Balaban J connectivity index is 1.90. The van der Waals surface area contributed by atoms with Crippen LogP contribution >= 0.6 is 0 Å². The fourth-order valence-electron chi connectivity index (χ4n) is 2.29. The zero-order valence-corrected chi connectivity index (χ0v) is 13.9. The van der Waals surface area contributed by atoms with Gasteiger partial charge in [-0.15, -0.1) is 0 Å². The molecule has 0 saturated heterocycles. The second-order valence-corrected chi connectivity index (χ2v) is 5.77. The molecule has 0 saturated carbocycles. The van der Waals surface area contributed by atoms with E-state index in [4.69, 9.17) is 5.73 Å². The van der Waals surface area contributed by atoms with Gasteiger partial charge in [-0.25, -0.2) is 14.4 Å². The number of hydrogen-bond donors (Lipinski definition) is 2. The van der Waals surface area contributed by atoms with Crippen LogP contribution in [0.2, 0.25) is 0 Å². The minimum Gasteiger partial charge on any atom is -0.382 e. The molecule has 3 rings (SSSR count). The molecule has 3 N–H and O–H groups in total. The first-order chi connectivity index (χ1) is 11.9. The minimum atomic E-state index is -0.540. The SMILES string of the molecule is Cc1ccc(-c2cnc(N)c(C(=O)Nc3ccc(C)c(F)c3)n2)cc1. The molecule has 6 heteroatoms. The standard InChI is InChI=1S/C19H17FN4O/c1-11-3-6-13(7-4-11)16-10-22-18(21)17(24-16)19(25)23-14-8-5-12(2)15(20)9-14/h3-10H,1-2H3,(H2,21,22)(H,23,25). The summed E-state index contributed by atoms with van der Waals surface area (Å²) in [4.78, 5) is 20.8. The number of nitrogens with two attached hydrogens (primary N) is 1. The van der Waals surface area contributed by atoms with E-state index in [1.165, 1.54) is 12.3 Å². The second kappa shape index (κ2) is 6.68. The highest BCUT2D eigenvalue weighted by atomic mass is 19.1. The molecule has 0 bridgehead atoms. The van der Waals surface area contributed by atoms with Crippen LogP contribution in [-0.4, -0.2) is 15.9 Å². The third kappa shape index (κ3) is 3.63. The van der Waals surface area contributed by atoms with Crippen molar-refractivity contribution in [3.63, 3.8) is 0 Å². The van der Waals surface area contributed by atoms with Crippen LogP contribution in [0.3, 0.4) is 0 Å². The lowest BCUT2D eigenvalue weighted by Gasteiger charge is -2.09. The Labute approximate surface area is 144 Å². The predicted octanol–water partition coefficient (Wildman–Crippen LogP) is 3.73. The summed E-state index contributed by atoms with van der Waals surface area (Å²) < 4.78 is 13.6. The topological polar surface area (TPSA) is 80.9 Å². The van der Waals surface area contributed by atoms with Crippen LogP contribution in [0.4, 0.5) is 15.9 Å². The van der Waals surface area contributed by atoms with Gasteiger partial charge in [-0.2, -0.15) is 0 Å². The van der Waals surface area contributed by atoms with Gasteiger partial charge in [-0.1, -0.05) is 35.9 Å². The van der Waals surface area contributed by atoms with Crippen LogP contribution in [0.1, 0.15) is 21.6 Å². The molecular formula is C19H17FN4O. The summed E-state index contributed by atoms with van der Waals surface area (Å²) in [5.74, 6) is -0.923. The Kier molecular flexibility index (Phi) is 4.43. The quantitative estimate of drug-likeness (QED) is 0.763. The van der Waals surface area contributed by atoms with E-state index in [2.05, 4.69) is 15.3 Å². The first-order valence-corrected chi connectivity index (χ1v) is 7.71. The van der Waals surface area contributed by atoms with Crippen molar-refractivity contribution in [2.45, 2.75) is 13.8 Å². The molecule has 5 nitrogen and oxygen atoms in total. The number of amides is 1. The van der Waals surface area contributed by atoms with E-state index in [0.29, 0.717) is 16.9 Å². The molecule has 0 atom stereocenters. The van der Waals surface area contributed by atoms with E-state index in [9.17, 15) is 9.18 Å². The molecule has 2 aromatic carbocycles. The van der Waals surface area contributed by atoms with Crippen molar-refractivity contribution in [2.75, 3.05) is 11.1 Å². The second-order valence-electron chi connectivity index (χ2n) is 5.77. The van der Waals surface area contributed by atoms with Gasteiger partial charge in [0.1, 0.15) is 5.82 Å². The lowest BCUT2D eigenvalue weighted by atomic mass is 10.1. The van der Waals surface area contributed by atoms with Crippen molar-refractivity contribution in [2.24, 2.45) is 0 Å². The molecule has 0 radical (unpaired) electrons. The van der Waals surface area contributed by atoms with Crippen LogP contribution in [0.25, 0.3) is 11.3 Å². The Morgan fingerprint density at radius 3 is 2.52 bits per heavy atom. The van der Waals surface area contributed by atoms with Crippen LogP contribution in [0.15, 0.2) is 48.7 Å². The molecule has 1 amide bonds. The Hall–Kier alpha value is -3.28. The summed E-state index contributed by atoms with van der Waals surface area (Å²) >= 11 is 0. The maximum absolute atomic E-state index is 13.6. The average Bonchev–Trinajstić information content (AvgIpc) is 2.59. The lowest BCUT2D eigenvalue weighted by Crippen LogP contribution is -2.17. The normalized spacial score (nSPS) is 10.5. The van der Waals surface area contributed by atoms with Crippen LogP contribution in [0.5, 0.6) is 0 Å². The number of carbonyl (C=O) groups is 1. The number of nitrogens with zero attached hydrogens (tertiary/aromatic N) is 2. The van der Waals surface area contributed by atoms with Gasteiger partial charge in [0, 0.05) is 11.3 Å². The lowest BCUT2D eigenvalue weighted by molar-refractivity contribution is 0.102. The van der Waals surface area contributed by atoms with Gasteiger partial charge in [0.05, 0.1) is 11.9 Å². The van der Waals surface area contributed by atoms with Gasteiger partial charge < -0.3 is 11.1 Å². The van der Waals surface area contributed by atoms with Crippen molar-refractivity contribution in [1.82, 2.24) is 9.97 Å². The number of benzene rings is 2. The number of nitrogen functional groups attached to an aromatic ring is 1. The molecule has 0 aliphatic heterocycles. The summed E-state index contributed by atoms with van der Waals surface area (Å²) in [6.45, 7) is 3.63. The number of halogens is 1. The highest BCUT2D eigenvalue weighted by Crippen LogP contribution is 2.20. The monoisotopic (exact) mass is 336 g/mol. The van der Waals surface area contributed by atoms with Gasteiger partial charge in [0.25, 0.3) is 5.91 Å². The molecular weight excluding hydrogens is 319 g/mol. The zero-order chi connectivity index (χ0) is 18.0. The third-order valence-corrected chi connectivity index (χ3v) is 3.79. The van der Waals surface area contributed by atoms with Crippen molar-refractivity contribution in [1.29, 1.82) is 0 Å². The van der Waals surface area contributed by atoms with E-state index in [1.54, 1.807) is 19.1 Å². The van der Waals surface area contributed by atoms with E-state index in [0.717, 1.165) is 11.1 Å². The molecule has 126 valence electrons.